The number of hydrogen-bond donors (Lipinski definition) is 0. The SMILES string of the molecule is CCN1CCC(N2CCN(C(C)C)CC2)C[C@@H]1C. The molecule has 0 N–H and O–H groups in total. The van der Waals surface area contributed by atoms with Crippen molar-refractivity contribution >= 4 is 0 Å². The largest absolute Gasteiger partial charge is 0.301 e. The molecule has 0 aromatic heterocycles. The van der Waals surface area contributed by atoms with Crippen LogP contribution < -0.4 is 0 Å². The Morgan fingerprint density at radius 1 is 1.06 bits per heavy atom. The molecule has 0 aromatic rings. The van der Waals surface area contributed by atoms with Gasteiger partial charge in [-0.05, 0) is 46.7 Å². The number of hydrogen-bond acceptors (Lipinski definition) is 3. The van der Waals surface area contributed by atoms with Crippen molar-refractivity contribution < 1.29 is 0 Å². The van der Waals surface area contributed by atoms with Crippen LogP contribution >= 0.6 is 0 Å². The molecule has 0 aliphatic carbocycles. The van der Waals surface area contributed by atoms with E-state index in [-0.39, 0.29) is 0 Å². The summed E-state index contributed by atoms with van der Waals surface area (Å²) in [4.78, 5) is 7.99. The first kappa shape index (κ1) is 14.3. The summed E-state index contributed by atoms with van der Waals surface area (Å²) in [6, 6.07) is 2.34. The smallest absolute Gasteiger partial charge is 0.0123 e. The zero-order valence-corrected chi connectivity index (χ0v) is 12.7. The van der Waals surface area contributed by atoms with E-state index in [1.54, 1.807) is 0 Å². The first-order valence-corrected chi connectivity index (χ1v) is 7.84. The van der Waals surface area contributed by atoms with Gasteiger partial charge in [-0.25, -0.2) is 0 Å². The fourth-order valence-electron chi connectivity index (χ4n) is 3.62. The standard InChI is InChI=1S/C15H31N3/c1-5-16-7-6-15(12-14(16)4)18-10-8-17(9-11-18)13(2)3/h13-15H,5-12H2,1-4H3/t14-,15?/m0/s1. The average molecular weight is 253 g/mol. The maximum absolute atomic E-state index is 2.75. The van der Waals surface area contributed by atoms with Gasteiger partial charge in [0.1, 0.15) is 0 Å². The Kier molecular flexibility index (Phi) is 5.05. The van der Waals surface area contributed by atoms with Crippen molar-refractivity contribution in [2.45, 2.75) is 58.7 Å². The lowest BCUT2D eigenvalue weighted by Gasteiger charge is -2.45. The fourth-order valence-corrected chi connectivity index (χ4v) is 3.62. The van der Waals surface area contributed by atoms with Gasteiger partial charge in [-0.2, -0.15) is 0 Å². The number of nitrogens with zero attached hydrogens (tertiary/aromatic N) is 3. The van der Waals surface area contributed by atoms with E-state index in [1.165, 1.54) is 52.1 Å². The van der Waals surface area contributed by atoms with E-state index in [0.29, 0.717) is 6.04 Å². The van der Waals surface area contributed by atoms with E-state index >= 15 is 0 Å². The highest BCUT2D eigenvalue weighted by atomic mass is 15.3. The second-order valence-corrected chi connectivity index (χ2v) is 6.32. The van der Waals surface area contributed by atoms with Crippen molar-refractivity contribution in [2.75, 3.05) is 39.3 Å². The third-order valence-corrected chi connectivity index (χ3v) is 4.99. The predicted molar refractivity (Wildman–Crippen MR) is 78.0 cm³/mol. The summed E-state index contributed by atoms with van der Waals surface area (Å²) in [6.45, 7) is 16.9. The molecule has 2 aliphatic rings. The minimum atomic E-state index is 0.716. The van der Waals surface area contributed by atoms with Gasteiger partial charge in [0.25, 0.3) is 0 Å². The molecule has 18 heavy (non-hydrogen) atoms. The Labute approximate surface area is 113 Å². The Morgan fingerprint density at radius 2 is 1.72 bits per heavy atom. The van der Waals surface area contributed by atoms with Gasteiger partial charge >= 0.3 is 0 Å². The summed E-state index contributed by atoms with van der Waals surface area (Å²) in [7, 11) is 0. The predicted octanol–water partition coefficient (Wildman–Crippen LogP) is 1.89. The summed E-state index contributed by atoms with van der Waals surface area (Å²) < 4.78 is 0. The summed E-state index contributed by atoms with van der Waals surface area (Å²) in [6.07, 6.45) is 2.75. The molecule has 2 rings (SSSR count). The summed E-state index contributed by atoms with van der Waals surface area (Å²) in [5, 5.41) is 0. The molecule has 3 heteroatoms. The summed E-state index contributed by atoms with van der Waals surface area (Å²) in [5.41, 5.74) is 0. The molecule has 2 atom stereocenters. The lowest BCUT2D eigenvalue weighted by atomic mass is 9.96. The van der Waals surface area contributed by atoms with Crippen LogP contribution in [0.5, 0.6) is 0 Å². The quantitative estimate of drug-likeness (QED) is 0.760. The van der Waals surface area contributed by atoms with Gasteiger partial charge in [0.2, 0.25) is 0 Å². The van der Waals surface area contributed by atoms with Gasteiger partial charge in [0.15, 0.2) is 0 Å². The van der Waals surface area contributed by atoms with Gasteiger partial charge in [-0.3, -0.25) is 9.80 Å². The minimum Gasteiger partial charge on any atom is -0.301 e. The second-order valence-electron chi connectivity index (χ2n) is 6.32. The summed E-state index contributed by atoms with van der Waals surface area (Å²) >= 11 is 0. The normalized spacial score (nSPS) is 33.2. The molecule has 2 fully saturated rings. The van der Waals surface area contributed by atoms with Crippen molar-refractivity contribution in [1.29, 1.82) is 0 Å². The van der Waals surface area contributed by atoms with Crippen LogP contribution in [0, 0.1) is 0 Å². The lowest BCUT2D eigenvalue weighted by molar-refractivity contribution is 0.0329. The van der Waals surface area contributed by atoms with Crippen molar-refractivity contribution in [2.24, 2.45) is 0 Å². The number of rotatable bonds is 3. The van der Waals surface area contributed by atoms with Crippen LogP contribution in [0.25, 0.3) is 0 Å². The minimum absolute atomic E-state index is 0.716. The van der Waals surface area contributed by atoms with E-state index in [2.05, 4.69) is 42.4 Å². The molecule has 0 aromatic carbocycles. The molecule has 1 unspecified atom stereocenters. The lowest BCUT2D eigenvalue weighted by Crippen LogP contribution is -2.55. The van der Waals surface area contributed by atoms with E-state index in [0.717, 1.165) is 12.1 Å². The Bertz CT molecular complexity index is 246. The maximum atomic E-state index is 2.75. The van der Waals surface area contributed by atoms with Crippen LogP contribution in [-0.2, 0) is 0 Å². The van der Waals surface area contributed by atoms with E-state index < -0.39 is 0 Å². The van der Waals surface area contributed by atoms with Crippen molar-refractivity contribution in [3.8, 4) is 0 Å². The van der Waals surface area contributed by atoms with Crippen LogP contribution in [0.3, 0.4) is 0 Å². The zero-order valence-electron chi connectivity index (χ0n) is 12.7. The van der Waals surface area contributed by atoms with Gasteiger partial charge in [0, 0.05) is 44.3 Å². The topological polar surface area (TPSA) is 9.72 Å². The molecule has 0 spiro atoms. The third kappa shape index (κ3) is 3.25. The van der Waals surface area contributed by atoms with Crippen LogP contribution in [0.2, 0.25) is 0 Å². The molecule has 0 amide bonds. The van der Waals surface area contributed by atoms with Gasteiger partial charge < -0.3 is 4.90 Å². The third-order valence-electron chi connectivity index (χ3n) is 4.99. The highest BCUT2D eigenvalue weighted by Gasteiger charge is 2.30. The van der Waals surface area contributed by atoms with Crippen LogP contribution in [0.1, 0.15) is 40.5 Å². The van der Waals surface area contributed by atoms with Crippen LogP contribution in [0.4, 0.5) is 0 Å². The highest BCUT2D eigenvalue weighted by molar-refractivity contribution is 4.87. The average Bonchev–Trinajstić information content (AvgIpc) is 2.38. The number of piperidine rings is 1. The molecule has 2 heterocycles. The zero-order chi connectivity index (χ0) is 13.1. The molecule has 106 valence electrons. The molecule has 3 nitrogen and oxygen atoms in total. The van der Waals surface area contributed by atoms with Crippen molar-refractivity contribution in [3.63, 3.8) is 0 Å². The molecule has 0 saturated carbocycles. The first-order chi connectivity index (χ1) is 8.61. The van der Waals surface area contributed by atoms with E-state index in [4.69, 9.17) is 0 Å². The first-order valence-electron chi connectivity index (χ1n) is 7.84. The molecule has 2 saturated heterocycles. The van der Waals surface area contributed by atoms with Crippen LogP contribution in [0.15, 0.2) is 0 Å². The molecule has 0 bridgehead atoms. The Morgan fingerprint density at radius 3 is 2.22 bits per heavy atom. The molecule has 0 radical (unpaired) electrons. The van der Waals surface area contributed by atoms with Gasteiger partial charge in [-0.1, -0.05) is 6.92 Å². The maximum Gasteiger partial charge on any atom is 0.0123 e. The van der Waals surface area contributed by atoms with E-state index in [1.807, 2.05) is 0 Å². The fraction of sp³-hybridized carbons (Fsp3) is 1.00. The molecular weight excluding hydrogens is 222 g/mol. The summed E-state index contributed by atoms with van der Waals surface area (Å²) in [5.74, 6) is 0. The highest BCUT2D eigenvalue weighted by Crippen LogP contribution is 2.22. The molecular formula is C15H31N3. The second kappa shape index (κ2) is 6.36. The monoisotopic (exact) mass is 253 g/mol. The van der Waals surface area contributed by atoms with Gasteiger partial charge in [-0.15, -0.1) is 0 Å². The van der Waals surface area contributed by atoms with E-state index in [9.17, 15) is 0 Å². The van der Waals surface area contributed by atoms with Crippen molar-refractivity contribution in [3.05, 3.63) is 0 Å². The number of likely N-dealkylation sites (tertiary alicyclic amines) is 1. The Hall–Kier alpha value is -0.120. The van der Waals surface area contributed by atoms with Crippen molar-refractivity contribution in [1.82, 2.24) is 14.7 Å². The van der Waals surface area contributed by atoms with Gasteiger partial charge in [0.05, 0.1) is 0 Å². The Balaban J connectivity index is 1.80. The number of piperazine rings is 1. The van der Waals surface area contributed by atoms with Crippen LogP contribution in [-0.4, -0.2) is 72.1 Å². The molecule has 2 aliphatic heterocycles.